The number of hydrogen-bond acceptors (Lipinski definition) is 4. The van der Waals surface area contributed by atoms with Gasteiger partial charge in [0.15, 0.2) is 0 Å². The molecule has 0 spiro atoms. The molecule has 244 valence electrons. The number of primary amides is 1. The van der Waals surface area contributed by atoms with Gasteiger partial charge >= 0.3 is 12.4 Å². The van der Waals surface area contributed by atoms with Crippen LogP contribution in [0.4, 0.5) is 36.4 Å². The zero-order valence-corrected chi connectivity index (χ0v) is 25.8. The molecule has 1 fully saturated rings. The summed E-state index contributed by atoms with van der Waals surface area (Å²) in [5, 5.41) is 3.18. The molecule has 14 heteroatoms. The summed E-state index contributed by atoms with van der Waals surface area (Å²) in [4.78, 5) is 31.5. The fourth-order valence-corrected chi connectivity index (χ4v) is 5.41. The van der Waals surface area contributed by atoms with Crippen LogP contribution in [0.5, 0.6) is 0 Å². The van der Waals surface area contributed by atoms with Gasteiger partial charge in [0.05, 0.1) is 45.7 Å². The first kappa shape index (κ1) is 35.8. The van der Waals surface area contributed by atoms with Gasteiger partial charge in [0.25, 0.3) is 0 Å². The van der Waals surface area contributed by atoms with E-state index < -0.39 is 63.7 Å². The van der Waals surface area contributed by atoms with Crippen LogP contribution in [0.15, 0.2) is 48.7 Å². The molecular formula is C31H32ClF7N4O2. The summed E-state index contributed by atoms with van der Waals surface area (Å²) < 4.78 is 95.5. The molecule has 1 aliphatic rings. The van der Waals surface area contributed by atoms with Crippen LogP contribution in [-0.2, 0) is 27.4 Å². The monoisotopic (exact) mass is 660 g/mol. The Morgan fingerprint density at radius 3 is 2.00 bits per heavy atom. The number of anilines is 1. The molecule has 0 aliphatic carbocycles. The third-order valence-electron chi connectivity index (χ3n) is 8.22. The number of nitrogens with one attached hydrogen (secondary N) is 1. The van der Waals surface area contributed by atoms with Crippen LogP contribution < -0.4 is 16.0 Å². The van der Waals surface area contributed by atoms with Gasteiger partial charge in [-0.3, -0.25) is 19.9 Å². The van der Waals surface area contributed by atoms with Crippen molar-refractivity contribution in [1.82, 2.24) is 10.3 Å². The molecule has 2 atom stereocenters. The van der Waals surface area contributed by atoms with Crippen LogP contribution >= 0.6 is 12.4 Å². The number of hydrogen-bond donors (Lipinski definition) is 2. The minimum atomic E-state index is -5.09. The van der Waals surface area contributed by atoms with Crippen molar-refractivity contribution in [3.8, 4) is 11.1 Å². The molecule has 1 saturated heterocycles. The fraction of sp³-hybridized carbons (Fsp3) is 0.387. The van der Waals surface area contributed by atoms with Gasteiger partial charge in [0.1, 0.15) is 5.82 Å². The van der Waals surface area contributed by atoms with Crippen molar-refractivity contribution >= 4 is 29.9 Å². The van der Waals surface area contributed by atoms with Gasteiger partial charge in [-0.2, -0.15) is 26.3 Å². The van der Waals surface area contributed by atoms with Gasteiger partial charge in [0.2, 0.25) is 11.8 Å². The summed E-state index contributed by atoms with van der Waals surface area (Å²) in [6.45, 7) is 5.78. The molecule has 2 heterocycles. The molecule has 6 nitrogen and oxygen atoms in total. The lowest BCUT2D eigenvalue weighted by Crippen LogP contribution is -2.49. The van der Waals surface area contributed by atoms with E-state index in [1.807, 2.05) is 0 Å². The highest BCUT2D eigenvalue weighted by atomic mass is 35.5. The predicted octanol–water partition coefficient (Wildman–Crippen LogP) is 7.26. The van der Waals surface area contributed by atoms with Crippen LogP contribution in [-0.4, -0.2) is 29.4 Å². The molecule has 4 rings (SSSR count). The number of halogens is 8. The second-order valence-electron chi connectivity index (χ2n) is 11.8. The Morgan fingerprint density at radius 2 is 1.51 bits per heavy atom. The standard InChI is InChI=1S/C31H31F7N4O2.ClH/c1-16-10-20(32)6-7-21(16)22-14-24(23-8-9-29(4,41-23)26(39)43)40-15-25(22)42(5)27(44)28(2,3)17-11-18(30(33,34)35)13-19(12-17)31(36,37)38;/h6-7,10-15,23,41H,8-9H2,1-5H3,(H2,39,43);1H/t23-,29+;/m0./s1. The number of likely N-dealkylation sites (N-methyl/N-ethyl adjacent to an activating group) is 1. The van der Waals surface area contributed by atoms with Crippen molar-refractivity contribution < 1.29 is 40.3 Å². The van der Waals surface area contributed by atoms with E-state index in [1.165, 1.54) is 45.3 Å². The molecule has 3 N–H and O–H groups in total. The summed E-state index contributed by atoms with van der Waals surface area (Å²) in [6, 6.07) is 6.33. The van der Waals surface area contributed by atoms with Crippen LogP contribution in [0.25, 0.3) is 11.1 Å². The van der Waals surface area contributed by atoms with Crippen molar-refractivity contribution in [1.29, 1.82) is 0 Å². The van der Waals surface area contributed by atoms with Crippen LogP contribution in [0, 0.1) is 12.7 Å². The molecule has 0 radical (unpaired) electrons. The number of rotatable bonds is 6. The summed E-state index contributed by atoms with van der Waals surface area (Å²) in [5.74, 6) is -1.87. The topological polar surface area (TPSA) is 88.3 Å². The normalized spacial score (nSPS) is 18.8. The Morgan fingerprint density at radius 1 is 0.956 bits per heavy atom. The van der Waals surface area contributed by atoms with Crippen LogP contribution in [0.3, 0.4) is 0 Å². The Bertz CT molecular complexity index is 1590. The van der Waals surface area contributed by atoms with Crippen molar-refractivity contribution in [3.05, 3.63) is 82.4 Å². The second kappa shape index (κ2) is 12.2. The average Bonchev–Trinajstić information content (AvgIpc) is 3.34. The van der Waals surface area contributed by atoms with E-state index >= 15 is 0 Å². The molecule has 0 saturated carbocycles. The number of carbonyl (C=O) groups is 2. The molecule has 45 heavy (non-hydrogen) atoms. The van der Waals surface area contributed by atoms with E-state index in [9.17, 15) is 40.3 Å². The zero-order valence-electron chi connectivity index (χ0n) is 25.0. The molecule has 0 bridgehead atoms. The number of alkyl halides is 6. The number of nitrogens with two attached hydrogens (primary N) is 1. The molecular weight excluding hydrogens is 629 g/mol. The SMILES string of the molecule is Cc1cc(F)ccc1-c1cc([C@@H]2CC[C@](C)(C(N)=O)N2)ncc1N(C)C(=O)C(C)(C)c1cc(C(F)(F)F)cc(C(F)(F)F)c1.Cl. The molecule has 2 amide bonds. The predicted molar refractivity (Wildman–Crippen MR) is 157 cm³/mol. The van der Waals surface area contributed by atoms with E-state index in [0.29, 0.717) is 47.4 Å². The van der Waals surface area contributed by atoms with Crippen molar-refractivity contribution in [3.63, 3.8) is 0 Å². The maximum Gasteiger partial charge on any atom is 0.416 e. The molecule has 1 aromatic heterocycles. The van der Waals surface area contributed by atoms with E-state index in [-0.39, 0.29) is 24.2 Å². The molecule has 2 aromatic carbocycles. The Kier molecular flexibility index (Phi) is 9.73. The minimum absolute atomic E-state index is 0. The van der Waals surface area contributed by atoms with E-state index in [4.69, 9.17) is 5.73 Å². The van der Waals surface area contributed by atoms with Crippen molar-refractivity contribution in [2.24, 2.45) is 5.73 Å². The van der Waals surface area contributed by atoms with E-state index in [1.54, 1.807) is 19.9 Å². The first-order valence-corrected chi connectivity index (χ1v) is 13.6. The summed E-state index contributed by atoms with van der Waals surface area (Å²) in [5.41, 5.74) is 1.25. The van der Waals surface area contributed by atoms with Gasteiger partial charge in [-0.15, -0.1) is 12.4 Å². The number of amides is 2. The first-order chi connectivity index (χ1) is 20.1. The molecule has 1 aliphatic heterocycles. The summed E-state index contributed by atoms with van der Waals surface area (Å²) in [6.07, 6.45) is -7.88. The lowest BCUT2D eigenvalue weighted by atomic mass is 9.81. The maximum atomic E-state index is 14.0. The number of pyridine rings is 1. The van der Waals surface area contributed by atoms with Gasteiger partial charge < -0.3 is 10.6 Å². The second-order valence-corrected chi connectivity index (χ2v) is 11.8. The Labute approximate surface area is 261 Å². The number of benzene rings is 2. The third-order valence-corrected chi connectivity index (χ3v) is 8.22. The van der Waals surface area contributed by atoms with Gasteiger partial charge in [-0.05, 0) is 93.6 Å². The quantitative estimate of drug-likeness (QED) is 0.273. The minimum Gasteiger partial charge on any atom is -0.368 e. The van der Waals surface area contributed by atoms with Crippen LogP contribution in [0.2, 0.25) is 0 Å². The third kappa shape index (κ3) is 7.09. The number of aromatic nitrogens is 1. The molecule has 0 unspecified atom stereocenters. The van der Waals surface area contributed by atoms with E-state index in [2.05, 4.69) is 10.3 Å². The maximum absolute atomic E-state index is 14.0. The van der Waals surface area contributed by atoms with Crippen LogP contribution in [0.1, 0.15) is 67.6 Å². The average molecular weight is 661 g/mol. The van der Waals surface area contributed by atoms with Crippen molar-refractivity contribution in [2.75, 3.05) is 11.9 Å². The van der Waals surface area contributed by atoms with E-state index in [0.717, 1.165) is 4.90 Å². The first-order valence-electron chi connectivity index (χ1n) is 13.6. The summed E-state index contributed by atoms with van der Waals surface area (Å²) in [7, 11) is 1.33. The van der Waals surface area contributed by atoms with Gasteiger partial charge in [-0.1, -0.05) is 6.07 Å². The summed E-state index contributed by atoms with van der Waals surface area (Å²) >= 11 is 0. The largest absolute Gasteiger partial charge is 0.416 e. The highest BCUT2D eigenvalue weighted by molar-refractivity contribution is 6.03. The fourth-order valence-electron chi connectivity index (χ4n) is 5.41. The highest BCUT2D eigenvalue weighted by Gasteiger charge is 2.42. The van der Waals surface area contributed by atoms with Gasteiger partial charge in [-0.25, -0.2) is 4.39 Å². The Hall–Kier alpha value is -3.71. The van der Waals surface area contributed by atoms with Crippen molar-refractivity contribution in [2.45, 2.75) is 69.9 Å². The number of aryl methyl sites for hydroxylation is 1. The number of carbonyl (C=O) groups excluding carboxylic acids is 2. The zero-order chi connectivity index (χ0) is 33.0. The smallest absolute Gasteiger partial charge is 0.368 e. The van der Waals surface area contributed by atoms with Gasteiger partial charge in [0, 0.05) is 12.6 Å². The Balaban J connectivity index is 0.00000552. The lowest BCUT2D eigenvalue weighted by molar-refractivity contribution is -0.143. The number of nitrogens with zero attached hydrogens (tertiary/aromatic N) is 2. The highest BCUT2D eigenvalue weighted by Crippen LogP contribution is 2.42. The lowest BCUT2D eigenvalue weighted by Gasteiger charge is -2.32. The molecule has 3 aromatic rings.